The third-order valence-corrected chi connectivity index (χ3v) is 3.39. The summed E-state index contributed by atoms with van der Waals surface area (Å²) >= 11 is 0. The van der Waals surface area contributed by atoms with E-state index in [9.17, 15) is 18.4 Å². The molecule has 0 saturated heterocycles. The molecule has 0 aromatic heterocycles. The lowest BCUT2D eigenvalue weighted by atomic mass is 10.1. The molecule has 0 spiro atoms. The zero-order valence-electron chi connectivity index (χ0n) is 10.8. The summed E-state index contributed by atoms with van der Waals surface area (Å²) < 4.78 is 25.7. The maximum atomic E-state index is 13.0. The molecule has 0 radical (unpaired) electrons. The number of carbonyl (C=O) groups is 2. The molecule has 0 bridgehead atoms. The van der Waals surface area contributed by atoms with Crippen LogP contribution in [0.5, 0.6) is 0 Å². The lowest BCUT2D eigenvalue weighted by molar-refractivity contribution is -0.143. The summed E-state index contributed by atoms with van der Waals surface area (Å²) in [6.45, 7) is 0. The fourth-order valence-corrected chi connectivity index (χ4v) is 1.99. The average molecular weight is 283 g/mol. The van der Waals surface area contributed by atoms with Crippen LogP contribution in [0.4, 0.5) is 8.78 Å². The summed E-state index contributed by atoms with van der Waals surface area (Å²) in [4.78, 5) is 22.5. The smallest absolute Gasteiger partial charge is 0.329 e. The topological polar surface area (TPSA) is 66.4 Å². The summed E-state index contributed by atoms with van der Waals surface area (Å²) in [7, 11) is 0. The first-order chi connectivity index (χ1) is 9.43. The number of carboxylic acids is 1. The Kier molecular flexibility index (Phi) is 4.01. The van der Waals surface area contributed by atoms with Crippen molar-refractivity contribution >= 4 is 11.9 Å². The van der Waals surface area contributed by atoms with Gasteiger partial charge in [-0.05, 0) is 43.4 Å². The molecule has 6 heteroatoms. The second kappa shape index (κ2) is 5.56. The molecule has 1 aromatic carbocycles. The third kappa shape index (κ3) is 3.31. The van der Waals surface area contributed by atoms with E-state index >= 15 is 0 Å². The number of hydrogen-bond acceptors (Lipinski definition) is 2. The Hall–Kier alpha value is -1.98. The van der Waals surface area contributed by atoms with Crippen molar-refractivity contribution in [1.29, 1.82) is 0 Å². The van der Waals surface area contributed by atoms with Crippen LogP contribution in [-0.2, 0) is 16.0 Å². The van der Waals surface area contributed by atoms with Crippen molar-refractivity contribution in [2.75, 3.05) is 0 Å². The number of carbonyl (C=O) groups excluding carboxylic acids is 1. The number of hydrogen-bond donors (Lipinski definition) is 2. The van der Waals surface area contributed by atoms with Crippen molar-refractivity contribution < 1.29 is 23.5 Å². The van der Waals surface area contributed by atoms with E-state index in [1.54, 1.807) is 0 Å². The van der Waals surface area contributed by atoms with Crippen molar-refractivity contribution in [3.63, 3.8) is 0 Å². The van der Waals surface area contributed by atoms with E-state index in [-0.39, 0.29) is 12.3 Å². The Morgan fingerprint density at radius 2 is 1.95 bits per heavy atom. The van der Waals surface area contributed by atoms with Gasteiger partial charge in [0.05, 0.1) is 0 Å². The Balaban J connectivity index is 1.77. The summed E-state index contributed by atoms with van der Waals surface area (Å²) in [6, 6.07) is 3.62. The van der Waals surface area contributed by atoms with E-state index in [0.717, 1.165) is 12.1 Å². The quantitative estimate of drug-likeness (QED) is 0.839. The van der Waals surface area contributed by atoms with Crippen LogP contribution in [0.25, 0.3) is 0 Å². The maximum absolute atomic E-state index is 13.0. The number of halogens is 2. The van der Waals surface area contributed by atoms with E-state index in [2.05, 4.69) is 5.32 Å². The zero-order valence-corrected chi connectivity index (χ0v) is 10.8. The predicted molar refractivity (Wildman–Crippen MR) is 67.0 cm³/mol. The van der Waals surface area contributed by atoms with Crippen molar-refractivity contribution in [2.45, 2.75) is 37.6 Å². The van der Waals surface area contributed by atoms with Gasteiger partial charge in [0.1, 0.15) is 5.54 Å². The first kappa shape index (κ1) is 14.4. The van der Waals surface area contributed by atoms with E-state index in [4.69, 9.17) is 5.11 Å². The number of amides is 1. The van der Waals surface area contributed by atoms with Crippen LogP contribution in [-0.4, -0.2) is 22.5 Å². The highest BCUT2D eigenvalue weighted by atomic mass is 19.2. The van der Waals surface area contributed by atoms with E-state index in [0.29, 0.717) is 31.2 Å². The van der Waals surface area contributed by atoms with Gasteiger partial charge in [0.15, 0.2) is 11.6 Å². The Morgan fingerprint density at radius 3 is 2.50 bits per heavy atom. The standard InChI is InChI=1S/C14H15F2NO3/c15-10-5-4-9(8-11(10)16)2-1-3-12(18)17-14(6-7-14)13(19)20/h4-5,8H,1-3,6-7H2,(H,17,18)(H,19,20). The molecular formula is C14H15F2NO3. The van der Waals surface area contributed by atoms with Crippen LogP contribution in [0.1, 0.15) is 31.2 Å². The Labute approximate surface area is 114 Å². The van der Waals surface area contributed by atoms with Gasteiger partial charge in [-0.3, -0.25) is 4.79 Å². The number of nitrogens with one attached hydrogen (secondary N) is 1. The number of aryl methyl sites for hydroxylation is 1. The van der Waals surface area contributed by atoms with Crippen LogP contribution >= 0.6 is 0 Å². The van der Waals surface area contributed by atoms with Gasteiger partial charge in [-0.25, -0.2) is 13.6 Å². The number of rotatable bonds is 6. The monoisotopic (exact) mass is 283 g/mol. The summed E-state index contributed by atoms with van der Waals surface area (Å²) in [5.74, 6) is -3.14. The first-order valence-electron chi connectivity index (χ1n) is 6.41. The Morgan fingerprint density at radius 1 is 1.25 bits per heavy atom. The van der Waals surface area contributed by atoms with Gasteiger partial charge >= 0.3 is 5.97 Å². The lowest BCUT2D eigenvalue weighted by Gasteiger charge is -2.12. The summed E-state index contributed by atoms with van der Waals surface area (Å²) in [5, 5.41) is 11.4. The molecule has 1 aliphatic rings. The molecule has 1 aliphatic carbocycles. The minimum absolute atomic E-state index is 0.161. The van der Waals surface area contributed by atoms with Crippen molar-refractivity contribution in [3.8, 4) is 0 Å². The summed E-state index contributed by atoms with van der Waals surface area (Å²) in [6.07, 6.45) is 1.96. The maximum Gasteiger partial charge on any atom is 0.329 e. The molecule has 108 valence electrons. The lowest BCUT2D eigenvalue weighted by Crippen LogP contribution is -2.42. The molecule has 20 heavy (non-hydrogen) atoms. The van der Waals surface area contributed by atoms with Crippen molar-refractivity contribution in [2.24, 2.45) is 0 Å². The molecule has 1 amide bonds. The highest BCUT2D eigenvalue weighted by molar-refractivity contribution is 5.89. The SMILES string of the molecule is O=C(CCCc1ccc(F)c(F)c1)NC1(C(=O)O)CC1. The van der Waals surface area contributed by atoms with Gasteiger partial charge in [-0.15, -0.1) is 0 Å². The second-order valence-electron chi connectivity index (χ2n) is 5.04. The molecule has 0 aliphatic heterocycles. The van der Waals surface area contributed by atoms with Crippen LogP contribution < -0.4 is 5.32 Å². The molecule has 0 atom stereocenters. The molecule has 0 unspecified atom stereocenters. The first-order valence-corrected chi connectivity index (χ1v) is 6.41. The van der Waals surface area contributed by atoms with Crippen molar-refractivity contribution in [3.05, 3.63) is 35.4 Å². The predicted octanol–water partition coefficient (Wildman–Crippen LogP) is 2.02. The third-order valence-electron chi connectivity index (χ3n) is 3.39. The molecule has 0 heterocycles. The fourth-order valence-electron chi connectivity index (χ4n) is 1.99. The minimum Gasteiger partial charge on any atom is -0.480 e. The second-order valence-corrected chi connectivity index (χ2v) is 5.04. The average Bonchev–Trinajstić information content (AvgIpc) is 3.14. The van der Waals surface area contributed by atoms with Crippen molar-refractivity contribution in [1.82, 2.24) is 5.32 Å². The van der Waals surface area contributed by atoms with Gasteiger partial charge in [-0.2, -0.15) is 0 Å². The molecule has 1 saturated carbocycles. The molecular weight excluding hydrogens is 268 g/mol. The van der Waals surface area contributed by atoms with Gasteiger partial charge < -0.3 is 10.4 Å². The van der Waals surface area contributed by atoms with E-state index in [1.807, 2.05) is 0 Å². The molecule has 1 aromatic rings. The largest absolute Gasteiger partial charge is 0.480 e. The van der Waals surface area contributed by atoms with E-state index < -0.39 is 23.1 Å². The summed E-state index contributed by atoms with van der Waals surface area (Å²) in [5.41, 5.74) is -0.463. The van der Waals surface area contributed by atoms with Crippen LogP contribution in [0, 0.1) is 11.6 Å². The number of carboxylic acid groups (broad SMARTS) is 1. The van der Waals surface area contributed by atoms with Gasteiger partial charge in [0, 0.05) is 6.42 Å². The minimum atomic E-state index is -1.07. The Bertz CT molecular complexity index is 541. The van der Waals surface area contributed by atoms with Gasteiger partial charge in [0.25, 0.3) is 0 Å². The fraction of sp³-hybridized carbons (Fsp3) is 0.429. The van der Waals surface area contributed by atoms with Crippen LogP contribution in [0.15, 0.2) is 18.2 Å². The molecule has 4 nitrogen and oxygen atoms in total. The van der Waals surface area contributed by atoms with Crippen LogP contribution in [0.3, 0.4) is 0 Å². The van der Waals surface area contributed by atoms with Gasteiger partial charge in [0.2, 0.25) is 5.91 Å². The highest BCUT2D eigenvalue weighted by Crippen LogP contribution is 2.35. The normalized spacial score (nSPS) is 15.7. The zero-order chi connectivity index (χ0) is 14.8. The molecule has 2 rings (SSSR count). The number of benzene rings is 1. The molecule has 1 fully saturated rings. The van der Waals surface area contributed by atoms with Gasteiger partial charge in [-0.1, -0.05) is 6.07 Å². The number of aliphatic carboxylic acids is 1. The van der Waals surface area contributed by atoms with Crippen LogP contribution in [0.2, 0.25) is 0 Å². The molecule has 2 N–H and O–H groups in total. The van der Waals surface area contributed by atoms with E-state index in [1.165, 1.54) is 6.07 Å². The highest BCUT2D eigenvalue weighted by Gasteiger charge is 2.51.